The van der Waals surface area contributed by atoms with Gasteiger partial charge in [-0.2, -0.15) is 0 Å². The van der Waals surface area contributed by atoms with Crippen LogP contribution in [0.15, 0.2) is 18.2 Å². The van der Waals surface area contributed by atoms with E-state index in [1.807, 2.05) is 0 Å². The zero-order valence-corrected chi connectivity index (χ0v) is 9.03. The minimum absolute atomic E-state index is 0.251. The van der Waals surface area contributed by atoms with E-state index in [-0.39, 0.29) is 5.91 Å². The van der Waals surface area contributed by atoms with Crippen LogP contribution >= 0.6 is 0 Å². The normalized spacial score (nSPS) is 9.06. The van der Waals surface area contributed by atoms with Crippen LogP contribution < -0.4 is 5.32 Å². The average molecular weight is 217 g/mol. The van der Waals surface area contributed by atoms with Crippen LogP contribution in [-0.2, 0) is 9.53 Å². The van der Waals surface area contributed by atoms with Gasteiger partial charge in [0.1, 0.15) is 0 Å². The summed E-state index contributed by atoms with van der Waals surface area (Å²) in [6, 6.07) is 4.62. The maximum atomic E-state index is 11.3. The molecule has 0 saturated carbocycles. The molecule has 0 aliphatic rings. The predicted molar refractivity (Wildman–Crippen MR) is 60.0 cm³/mol. The molecule has 1 aromatic rings. The van der Waals surface area contributed by atoms with E-state index in [9.17, 15) is 9.59 Å². The number of carbonyl (C=O) groups is 2. The molecule has 0 radical (unpaired) electrons. The molecule has 1 rings (SSSR count). The molecule has 0 bridgehead atoms. The second-order valence-electron chi connectivity index (χ2n) is 3.08. The minimum Gasteiger partial charge on any atom is -0.465 e. The summed E-state index contributed by atoms with van der Waals surface area (Å²) in [6.07, 6.45) is 5.27. The highest BCUT2D eigenvalue weighted by Gasteiger charge is 2.09. The molecule has 0 aliphatic heterocycles. The highest BCUT2D eigenvalue weighted by Crippen LogP contribution is 2.17. The number of anilines is 1. The zero-order valence-electron chi connectivity index (χ0n) is 9.03. The zero-order chi connectivity index (χ0) is 12.1. The number of methoxy groups -OCH3 is 1. The first kappa shape index (κ1) is 11.8. The van der Waals surface area contributed by atoms with Crippen LogP contribution in [0.4, 0.5) is 5.69 Å². The first-order chi connectivity index (χ1) is 7.58. The third-order valence-corrected chi connectivity index (χ3v) is 1.91. The molecule has 0 aromatic heterocycles. The van der Waals surface area contributed by atoms with Crippen LogP contribution in [0.1, 0.15) is 22.8 Å². The Morgan fingerprint density at radius 2 is 2.12 bits per heavy atom. The molecule has 0 aliphatic carbocycles. The first-order valence-electron chi connectivity index (χ1n) is 4.55. The number of carbonyl (C=O) groups excluding carboxylic acids is 2. The number of esters is 1. The SMILES string of the molecule is C#Cc1ccc(C(=O)OC)cc1NC(C)=O. The van der Waals surface area contributed by atoms with Gasteiger partial charge in [-0.25, -0.2) is 4.79 Å². The maximum absolute atomic E-state index is 11.3. The Kier molecular flexibility index (Phi) is 3.67. The van der Waals surface area contributed by atoms with E-state index in [1.165, 1.54) is 20.1 Å². The average Bonchev–Trinajstić information content (AvgIpc) is 2.27. The summed E-state index contributed by atoms with van der Waals surface area (Å²) in [5.74, 6) is 1.69. The summed E-state index contributed by atoms with van der Waals surface area (Å²) < 4.78 is 4.57. The van der Waals surface area contributed by atoms with Gasteiger partial charge in [-0.05, 0) is 18.2 Å². The van der Waals surface area contributed by atoms with Gasteiger partial charge in [0.15, 0.2) is 0 Å². The molecule has 4 nitrogen and oxygen atoms in total. The molecular formula is C12H11NO3. The molecule has 0 unspecified atom stereocenters. The Hall–Kier alpha value is -2.28. The van der Waals surface area contributed by atoms with Crippen LogP contribution in [-0.4, -0.2) is 19.0 Å². The van der Waals surface area contributed by atoms with Gasteiger partial charge in [0.25, 0.3) is 0 Å². The number of nitrogens with one attached hydrogen (secondary N) is 1. The van der Waals surface area contributed by atoms with Crippen molar-refractivity contribution in [3.05, 3.63) is 29.3 Å². The second-order valence-corrected chi connectivity index (χ2v) is 3.08. The fourth-order valence-electron chi connectivity index (χ4n) is 1.21. The van der Waals surface area contributed by atoms with Crippen molar-refractivity contribution < 1.29 is 14.3 Å². The largest absolute Gasteiger partial charge is 0.465 e. The van der Waals surface area contributed by atoms with E-state index in [0.29, 0.717) is 16.8 Å². The summed E-state index contributed by atoms with van der Waals surface area (Å²) in [5.41, 5.74) is 1.28. The van der Waals surface area contributed by atoms with Crippen LogP contribution in [0, 0.1) is 12.3 Å². The third kappa shape index (κ3) is 2.61. The summed E-state index contributed by atoms with van der Waals surface area (Å²) >= 11 is 0. The third-order valence-electron chi connectivity index (χ3n) is 1.91. The van der Waals surface area contributed by atoms with Gasteiger partial charge < -0.3 is 10.1 Å². The number of hydrogen-bond acceptors (Lipinski definition) is 3. The maximum Gasteiger partial charge on any atom is 0.337 e. The Labute approximate surface area is 93.6 Å². The molecule has 0 saturated heterocycles. The fraction of sp³-hybridized carbons (Fsp3) is 0.167. The van der Waals surface area contributed by atoms with Crippen molar-refractivity contribution in [2.75, 3.05) is 12.4 Å². The van der Waals surface area contributed by atoms with Gasteiger partial charge in [0.2, 0.25) is 5.91 Å². The number of ether oxygens (including phenoxy) is 1. The van der Waals surface area contributed by atoms with Crippen LogP contribution in [0.2, 0.25) is 0 Å². The van der Waals surface area contributed by atoms with Gasteiger partial charge in [-0.15, -0.1) is 6.42 Å². The van der Waals surface area contributed by atoms with E-state index in [4.69, 9.17) is 6.42 Å². The molecule has 0 atom stereocenters. The number of benzene rings is 1. The number of rotatable bonds is 2. The monoisotopic (exact) mass is 217 g/mol. The van der Waals surface area contributed by atoms with Crippen LogP contribution in [0.25, 0.3) is 0 Å². The number of terminal acetylenes is 1. The van der Waals surface area contributed by atoms with Crippen molar-refractivity contribution in [2.24, 2.45) is 0 Å². The molecule has 0 fully saturated rings. The lowest BCUT2D eigenvalue weighted by atomic mass is 10.1. The summed E-state index contributed by atoms with van der Waals surface area (Å²) in [4.78, 5) is 22.2. The van der Waals surface area contributed by atoms with Crippen molar-refractivity contribution in [1.82, 2.24) is 0 Å². The Balaban J connectivity index is 3.17. The van der Waals surface area contributed by atoms with E-state index in [2.05, 4.69) is 16.0 Å². The van der Waals surface area contributed by atoms with Gasteiger partial charge in [-0.1, -0.05) is 5.92 Å². The van der Waals surface area contributed by atoms with Crippen molar-refractivity contribution in [3.63, 3.8) is 0 Å². The van der Waals surface area contributed by atoms with E-state index < -0.39 is 5.97 Å². The molecule has 1 N–H and O–H groups in total. The van der Waals surface area contributed by atoms with Gasteiger partial charge in [0.05, 0.1) is 18.4 Å². The van der Waals surface area contributed by atoms with Crippen molar-refractivity contribution in [1.29, 1.82) is 0 Å². The smallest absolute Gasteiger partial charge is 0.337 e. The lowest BCUT2D eigenvalue weighted by molar-refractivity contribution is -0.114. The fourth-order valence-corrected chi connectivity index (χ4v) is 1.21. The van der Waals surface area contributed by atoms with E-state index >= 15 is 0 Å². The standard InChI is InChI=1S/C12H11NO3/c1-4-9-5-6-10(12(15)16-3)7-11(9)13-8(2)14/h1,5-7H,2-3H3,(H,13,14). The predicted octanol–water partition coefficient (Wildman–Crippen LogP) is 1.41. The number of amides is 1. The molecule has 4 heteroatoms. The van der Waals surface area contributed by atoms with E-state index in [1.54, 1.807) is 12.1 Å². The molecule has 16 heavy (non-hydrogen) atoms. The van der Waals surface area contributed by atoms with Crippen LogP contribution in [0.5, 0.6) is 0 Å². The second kappa shape index (κ2) is 4.99. The summed E-state index contributed by atoms with van der Waals surface area (Å²) in [6.45, 7) is 1.37. The van der Waals surface area contributed by atoms with Gasteiger partial charge in [0, 0.05) is 12.5 Å². The summed E-state index contributed by atoms with van der Waals surface area (Å²) in [7, 11) is 1.29. The number of hydrogen-bond donors (Lipinski definition) is 1. The first-order valence-corrected chi connectivity index (χ1v) is 4.55. The Morgan fingerprint density at radius 1 is 1.44 bits per heavy atom. The molecule has 82 valence electrons. The Morgan fingerprint density at radius 3 is 2.62 bits per heavy atom. The topological polar surface area (TPSA) is 55.4 Å². The molecular weight excluding hydrogens is 206 g/mol. The lowest BCUT2D eigenvalue weighted by Gasteiger charge is -2.07. The van der Waals surface area contributed by atoms with E-state index in [0.717, 1.165) is 0 Å². The van der Waals surface area contributed by atoms with Crippen molar-refractivity contribution >= 4 is 17.6 Å². The van der Waals surface area contributed by atoms with Crippen LogP contribution in [0.3, 0.4) is 0 Å². The molecule has 0 heterocycles. The summed E-state index contributed by atoms with van der Waals surface area (Å²) in [5, 5.41) is 2.55. The molecule has 1 aromatic carbocycles. The molecule has 1 amide bonds. The van der Waals surface area contributed by atoms with Crippen molar-refractivity contribution in [2.45, 2.75) is 6.92 Å². The highest BCUT2D eigenvalue weighted by atomic mass is 16.5. The molecule has 0 spiro atoms. The highest BCUT2D eigenvalue weighted by molar-refractivity contribution is 5.95. The van der Waals surface area contributed by atoms with Gasteiger partial charge >= 0.3 is 5.97 Å². The Bertz CT molecular complexity index is 472. The minimum atomic E-state index is -0.477. The van der Waals surface area contributed by atoms with Gasteiger partial charge in [-0.3, -0.25) is 4.79 Å². The lowest BCUT2D eigenvalue weighted by Crippen LogP contribution is -2.09. The quantitative estimate of drug-likeness (QED) is 0.602. The van der Waals surface area contributed by atoms with Crippen molar-refractivity contribution in [3.8, 4) is 12.3 Å².